The summed E-state index contributed by atoms with van der Waals surface area (Å²) in [6, 6.07) is 8.94. The predicted octanol–water partition coefficient (Wildman–Crippen LogP) is 2.47. The average molecular weight is 320 g/mol. The zero-order valence-electron chi connectivity index (χ0n) is 12.1. The van der Waals surface area contributed by atoms with Crippen LogP contribution in [0, 0.1) is 11.3 Å². The molecule has 2 aromatic rings. The summed E-state index contributed by atoms with van der Waals surface area (Å²) in [4.78, 5) is 20.6. The third-order valence-electron chi connectivity index (χ3n) is 2.91. The minimum Gasteiger partial charge on any atom is -0.459 e. The molecule has 0 fully saturated rings. The van der Waals surface area contributed by atoms with Crippen LogP contribution in [0.4, 0.5) is 0 Å². The molecule has 22 heavy (non-hydrogen) atoms. The number of fused-ring (bicyclic) bond motifs is 1. The minimum absolute atomic E-state index is 0.0154. The zero-order valence-corrected chi connectivity index (χ0v) is 12.9. The number of hydrogen-bond acceptors (Lipinski definition) is 6. The van der Waals surface area contributed by atoms with Gasteiger partial charge < -0.3 is 9.47 Å². The number of halogens is 1. The molecule has 0 N–H and O–H groups in total. The van der Waals surface area contributed by atoms with E-state index in [1.165, 1.54) is 7.11 Å². The second-order valence-electron chi connectivity index (χ2n) is 4.65. The molecule has 0 radical (unpaired) electrons. The predicted molar refractivity (Wildman–Crippen MR) is 80.3 cm³/mol. The minimum atomic E-state index is -1.23. The number of nitrogens with zero attached hydrogens (tertiary/aromatic N) is 3. The summed E-state index contributed by atoms with van der Waals surface area (Å²) >= 11 is 6.06. The van der Waals surface area contributed by atoms with E-state index < -0.39 is 18.0 Å². The molecule has 7 heteroatoms. The number of carbonyl (C=O) groups excluding carboxylic acids is 1. The van der Waals surface area contributed by atoms with Gasteiger partial charge in [0.15, 0.2) is 11.1 Å². The van der Waals surface area contributed by atoms with Gasteiger partial charge in [0.1, 0.15) is 11.8 Å². The molecule has 2 rings (SSSR count). The molecule has 0 amide bonds. The number of aromatic nitrogens is 2. The van der Waals surface area contributed by atoms with Crippen molar-refractivity contribution in [1.29, 1.82) is 5.26 Å². The van der Waals surface area contributed by atoms with E-state index in [4.69, 9.17) is 21.1 Å². The van der Waals surface area contributed by atoms with Crippen molar-refractivity contribution < 1.29 is 14.3 Å². The van der Waals surface area contributed by atoms with E-state index in [-0.39, 0.29) is 17.5 Å². The van der Waals surface area contributed by atoms with Crippen LogP contribution in [0.15, 0.2) is 24.3 Å². The van der Waals surface area contributed by atoms with Crippen LogP contribution in [-0.4, -0.2) is 35.8 Å². The third kappa shape index (κ3) is 3.50. The van der Waals surface area contributed by atoms with E-state index in [2.05, 4.69) is 9.97 Å². The number of rotatable bonds is 5. The van der Waals surface area contributed by atoms with Gasteiger partial charge in [-0.25, -0.2) is 9.97 Å². The highest BCUT2D eigenvalue weighted by molar-refractivity contribution is 6.30. The van der Waals surface area contributed by atoms with E-state index >= 15 is 0 Å². The van der Waals surface area contributed by atoms with E-state index in [1.807, 2.05) is 6.07 Å². The topological polar surface area (TPSA) is 85.1 Å². The van der Waals surface area contributed by atoms with Crippen LogP contribution >= 0.6 is 11.6 Å². The fourth-order valence-corrected chi connectivity index (χ4v) is 2.18. The second-order valence-corrected chi connectivity index (χ2v) is 5.01. The number of para-hydroxylation sites is 2. The number of ether oxygens (including phenoxy) is 2. The standard InChI is InChI=1S/C15H14ClN3O3/c1-9(8-21-2)22-15(20)10(7-17)13-14(16)19-12-6-4-3-5-11(12)18-13/h3-6,9-10H,8H2,1-2H3/t9-,10+/m0/s1. The van der Waals surface area contributed by atoms with Crippen LogP contribution in [0.5, 0.6) is 0 Å². The number of carbonyl (C=O) groups is 1. The lowest BCUT2D eigenvalue weighted by Crippen LogP contribution is -2.24. The molecule has 0 saturated carbocycles. The number of benzene rings is 1. The molecule has 0 aliphatic rings. The maximum absolute atomic E-state index is 12.1. The number of nitriles is 1. The van der Waals surface area contributed by atoms with Crippen LogP contribution in [0.2, 0.25) is 5.15 Å². The Hall–Kier alpha value is -2.23. The molecule has 0 unspecified atom stereocenters. The molecule has 1 aromatic heterocycles. The normalized spacial score (nSPS) is 13.4. The summed E-state index contributed by atoms with van der Waals surface area (Å²) in [5, 5.41) is 9.30. The first kappa shape index (κ1) is 16.1. The van der Waals surface area contributed by atoms with Gasteiger partial charge in [0, 0.05) is 7.11 Å². The van der Waals surface area contributed by atoms with Crippen molar-refractivity contribution in [2.75, 3.05) is 13.7 Å². The van der Waals surface area contributed by atoms with Crippen molar-refractivity contribution in [2.24, 2.45) is 0 Å². The van der Waals surface area contributed by atoms with Gasteiger partial charge in [0.2, 0.25) is 0 Å². The Labute approximate surface area is 132 Å². The largest absolute Gasteiger partial charge is 0.459 e. The molecule has 6 nitrogen and oxygen atoms in total. The second kappa shape index (κ2) is 7.16. The van der Waals surface area contributed by atoms with Crippen molar-refractivity contribution in [3.05, 3.63) is 35.1 Å². The molecule has 114 valence electrons. The van der Waals surface area contributed by atoms with Crippen LogP contribution in [0.1, 0.15) is 18.5 Å². The first-order chi connectivity index (χ1) is 10.6. The SMILES string of the molecule is COC[C@H](C)OC(=O)[C@H](C#N)c1nc2ccccc2nc1Cl. The Morgan fingerprint density at radius 1 is 1.36 bits per heavy atom. The highest BCUT2D eigenvalue weighted by Crippen LogP contribution is 2.25. The van der Waals surface area contributed by atoms with Crippen LogP contribution < -0.4 is 0 Å². The highest BCUT2D eigenvalue weighted by atomic mass is 35.5. The molecule has 0 spiro atoms. The Balaban J connectivity index is 2.33. The van der Waals surface area contributed by atoms with Crippen molar-refractivity contribution in [3.8, 4) is 6.07 Å². The highest BCUT2D eigenvalue weighted by Gasteiger charge is 2.28. The van der Waals surface area contributed by atoms with Gasteiger partial charge >= 0.3 is 5.97 Å². The third-order valence-corrected chi connectivity index (χ3v) is 3.19. The molecular formula is C15H14ClN3O3. The quantitative estimate of drug-likeness (QED) is 0.787. The lowest BCUT2D eigenvalue weighted by molar-refractivity contribution is -0.150. The summed E-state index contributed by atoms with van der Waals surface area (Å²) in [5.74, 6) is -1.96. The maximum atomic E-state index is 12.1. The van der Waals surface area contributed by atoms with Gasteiger partial charge in [0.05, 0.1) is 23.7 Å². The van der Waals surface area contributed by atoms with Crippen LogP contribution in [-0.2, 0) is 14.3 Å². The molecule has 1 aromatic carbocycles. The lowest BCUT2D eigenvalue weighted by Gasteiger charge is -2.15. The number of esters is 1. The number of hydrogen-bond donors (Lipinski definition) is 0. The summed E-state index contributed by atoms with van der Waals surface area (Å²) in [7, 11) is 1.50. The fraction of sp³-hybridized carbons (Fsp3) is 0.333. The van der Waals surface area contributed by atoms with Gasteiger partial charge in [0.25, 0.3) is 0 Å². The van der Waals surface area contributed by atoms with Gasteiger partial charge in [-0.3, -0.25) is 4.79 Å². The fourth-order valence-electron chi connectivity index (χ4n) is 1.94. The molecule has 0 bridgehead atoms. The zero-order chi connectivity index (χ0) is 16.1. The summed E-state index contributed by atoms with van der Waals surface area (Å²) < 4.78 is 10.0. The molecule has 0 aliphatic carbocycles. The molecule has 1 heterocycles. The van der Waals surface area contributed by atoms with E-state index in [1.54, 1.807) is 31.2 Å². The smallest absolute Gasteiger partial charge is 0.330 e. The Bertz CT molecular complexity index is 730. The lowest BCUT2D eigenvalue weighted by atomic mass is 10.1. The maximum Gasteiger partial charge on any atom is 0.330 e. The van der Waals surface area contributed by atoms with E-state index in [0.717, 1.165) is 0 Å². The Kier molecular flexibility index (Phi) is 5.26. The Morgan fingerprint density at radius 3 is 2.59 bits per heavy atom. The van der Waals surface area contributed by atoms with E-state index in [0.29, 0.717) is 11.0 Å². The summed E-state index contributed by atoms with van der Waals surface area (Å²) in [6.45, 7) is 1.91. The monoisotopic (exact) mass is 319 g/mol. The van der Waals surface area contributed by atoms with Crippen molar-refractivity contribution in [3.63, 3.8) is 0 Å². The van der Waals surface area contributed by atoms with Crippen molar-refractivity contribution in [2.45, 2.75) is 18.9 Å². The number of methoxy groups -OCH3 is 1. The van der Waals surface area contributed by atoms with Crippen LogP contribution in [0.3, 0.4) is 0 Å². The van der Waals surface area contributed by atoms with Crippen molar-refractivity contribution in [1.82, 2.24) is 9.97 Å². The molecule has 0 saturated heterocycles. The summed E-state index contributed by atoms with van der Waals surface area (Å²) in [6.07, 6.45) is -0.472. The average Bonchev–Trinajstić information content (AvgIpc) is 2.48. The first-order valence-corrected chi connectivity index (χ1v) is 6.95. The van der Waals surface area contributed by atoms with Gasteiger partial charge in [-0.05, 0) is 19.1 Å². The summed E-state index contributed by atoms with van der Waals surface area (Å²) in [5.41, 5.74) is 1.24. The van der Waals surface area contributed by atoms with E-state index in [9.17, 15) is 10.1 Å². The Morgan fingerprint density at radius 2 is 2.00 bits per heavy atom. The van der Waals surface area contributed by atoms with Gasteiger partial charge in [-0.2, -0.15) is 5.26 Å². The molecule has 2 atom stereocenters. The van der Waals surface area contributed by atoms with Crippen molar-refractivity contribution >= 4 is 28.6 Å². The van der Waals surface area contributed by atoms with Gasteiger partial charge in [-0.1, -0.05) is 23.7 Å². The molecule has 0 aliphatic heterocycles. The first-order valence-electron chi connectivity index (χ1n) is 6.58. The molecular weight excluding hydrogens is 306 g/mol. The van der Waals surface area contributed by atoms with Crippen LogP contribution in [0.25, 0.3) is 11.0 Å². The van der Waals surface area contributed by atoms with Gasteiger partial charge in [-0.15, -0.1) is 0 Å².